The van der Waals surface area contributed by atoms with Crippen LogP contribution in [0.15, 0.2) is 57.7 Å². The highest BCUT2D eigenvalue weighted by atomic mass is 16.5. The van der Waals surface area contributed by atoms with E-state index in [2.05, 4.69) is 6.07 Å². The Hall–Kier alpha value is -3.74. The highest BCUT2D eigenvalue weighted by molar-refractivity contribution is 5.72. The number of para-hydroxylation sites is 1. The predicted octanol–water partition coefficient (Wildman–Crippen LogP) is 3.91. The Morgan fingerprint density at radius 3 is 2.79 bits per heavy atom. The molecule has 2 heterocycles. The minimum absolute atomic E-state index is 0.000622. The van der Waals surface area contributed by atoms with Gasteiger partial charge in [-0.1, -0.05) is 30.3 Å². The Morgan fingerprint density at radius 2 is 2.00 bits per heavy atom. The highest BCUT2D eigenvalue weighted by Crippen LogP contribution is 2.37. The first kappa shape index (κ1) is 22.5. The van der Waals surface area contributed by atoms with Gasteiger partial charge >= 0.3 is 11.6 Å². The monoisotopic (exact) mass is 450 g/mol. The van der Waals surface area contributed by atoms with Crippen LogP contribution >= 0.6 is 0 Å². The third-order valence-electron chi connectivity index (χ3n) is 5.73. The van der Waals surface area contributed by atoms with Crippen LogP contribution in [-0.2, 0) is 22.4 Å². The van der Waals surface area contributed by atoms with Gasteiger partial charge in [0.25, 0.3) is 0 Å². The van der Waals surface area contributed by atoms with Gasteiger partial charge in [0.05, 0.1) is 32.3 Å². The Kier molecular flexibility index (Phi) is 6.68. The van der Waals surface area contributed by atoms with Crippen molar-refractivity contribution in [3.63, 3.8) is 0 Å². The fourth-order valence-electron chi connectivity index (χ4n) is 4.12. The van der Waals surface area contributed by atoms with Gasteiger partial charge in [0.1, 0.15) is 23.0 Å². The number of benzene rings is 2. The van der Waals surface area contributed by atoms with Gasteiger partial charge in [0.15, 0.2) is 0 Å². The van der Waals surface area contributed by atoms with Gasteiger partial charge in [0.2, 0.25) is 0 Å². The van der Waals surface area contributed by atoms with Crippen LogP contribution in [0.1, 0.15) is 40.4 Å². The quantitative estimate of drug-likeness (QED) is 0.520. The number of ether oxygens (including phenoxy) is 3. The fourth-order valence-corrected chi connectivity index (χ4v) is 4.12. The average Bonchev–Trinajstić information content (AvgIpc) is 3.26. The molecule has 1 unspecified atom stereocenters. The highest BCUT2D eigenvalue weighted by Gasteiger charge is 2.28. The van der Waals surface area contributed by atoms with E-state index in [0.717, 1.165) is 17.7 Å². The number of rotatable bonds is 8. The molecule has 0 amide bonds. The van der Waals surface area contributed by atoms with Gasteiger partial charge in [-0.3, -0.25) is 4.79 Å². The summed E-state index contributed by atoms with van der Waals surface area (Å²) in [6, 6.07) is 14.7. The molecule has 1 N–H and O–H groups in total. The standard InChI is InChI=1S/C26H26O7/c1-16-13-21(27)25(26(29)33-16)20(15-24(28)30-2)19-5-3-4-6-23(19)32-11-9-17-7-8-22-18(14-17)10-12-31-22/h3-8,13-14,20,27H,9-12,15H2,1-2H3. The zero-order valence-electron chi connectivity index (χ0n) is 18.6. The van der Waals surface area contributed by atoms with Crippen molar-refractivity contribution in [2.45, 2.75) is 32.1 Å². The molecule has 7 heteroatoms. The summed E-state index contributed by atoms with van der Waals surface area (Å²) in [4.78, 5) is 24.8. The number of esters is 1. The maximum Gasteiger partial charge on any atom is 0.343 e. The molecule has 2 aromatic carbocycles. The van der Waals surface area contributed by atoms with E-state index >= 15 is 0 Å². The van der Waals surface area contributed by atoms with Crippen LogP contribution in [0, 0.1) is 6.92 Å². The van der Waals surface area contributed by atoms with Crippen LogP contribution in [0.5, 0.6) is 17.2 Å². The molecule has 0 saturated heterocycles. The Bertz CT molecular complexity index is 1210. The van der Waals surface area contributed by atoms with Crippen molar-refractivity contribution in [1.82, 2.24) is 0 Å². The molecule has 0 saturated carbocycles. The largest absolute Gasteiger partial charge is 0.507 e. The molecule has 3 aromatic rings. The lowest BCUT2D eigenvalue weighted by Crippen LogP contribution is -2.19. The van der Waals surface area contributed by atoms with Crippen LogP contribution in [0.2, 0.25) is 0 Å². The average molecular weight is 450 g/mol. The molecular weight excluding hydrogens is 424 g/mol. The zero-order valence-corrected chi connectivity index (χ0v) is 18.6. The molecule has 7 nitrogen and oxygen atoms in total. The first-order valence-corrected chi connectivity index (χ1v) is 10.8. The van der Waals surface area contributed by atoms with Crippen molar-refractivity contribution in [3.8, 4) is 17.2 Å². The van der Waals surface area contributed by atoms with Gasteiger partial charge < -0.3 is 23.7 Å². The van der Waals surface area contributed by atoms with Crippen molar-refractivity contribution in [2.24, 2.45) is 0 Å². The van der Waals surface area contributed by atoms with Crippen LogP contribution in [0.4, 0.5) is 0 Å². The summed E-state index contributed by atoms with van der Waals surface area (Å²) >= 11 is 0. The maximum absolute atomic E-state index is 12.6. The predicted molar refractivity (Wildman–Crippen MR) is 121 cm³/mol. The van der Waals surface area contributed by atoms with Crippen molar-refractivity contribution in [3.05, 3.63) is 87.0 Å². The van der Waals surface area contributed by atoms with E-state index in [0.29, 0.717) is 30.9 Å². The molecule has 0 spiro atoms. The van der Waals surface area contributed by atoms with Crippen molar-refractivity contribution >= 4 is 5.97 Å². The number of hydrogen-bond acceptors (Lipinski definition) is 7. The van der Waals surface area contributed by atoms with E-state index in [9.17, 15) is 14.7 Å². The minimum Gasteiger partial charge on any atom is -0.507 e. The van der Waals surface area contributed by atoms with E-state index < -0.39 is 17.5 Å². The summed E-state index contributed by atoms with van der Waals surface area (Å²) in [5, 5.41) is 10.5. The third kappa shape index (κ3) is 5.03. The molecule has 0 bridgehead atoms. The van der Waals surface area contributed by atoms with Crippen LogP contribution < -0.4 is 15.1 Å². The first-order valence-electron chi connectivity index (χ1n) is 10.8. The van der Waals surface area contributed by atoms with Crippen molar-refractivity contribution in [2.75, 3.05) is 20.3 Å². The number of carbonyl (C=O) groups excluding carboxylic acids is 1. The van der Waals surface area contributed by atoms with E-state index in [4.69, 9.17) is 18.6 Å². The number of hydrogen-bond donors (Lipinski definition) is 1. The van der Waals surface area contributed by atoms with E-state index in [1.165, 1.54) is 18.7 Å². The molecule has 1 aliphatic rings. The molecule has 4 rings (SSSR count). The number of aryl methyl sites for hydroxylation is 1. The summed E-state index contributed by atoms with van der Waals surface area (Å²) < 4.78 is 21.7. The summed E-state index contributed by atoms with van der Waals surface area (Å²) in [6.07, 6.45) is 1.44. The molecule has 33 heavy (non-hydrogen) atoms. The zero-order chi connectivity index (χ0) is 23.4. The number of methoxy groups -OCH3 is 1. The van der Waals surface area contributed by atoms with Crippen LogP contribution in [0.25, 0.3) is 0 Å². The minimum atomic E-state index is -0.789. The second-order valence-electron chi connectivity index (χ2n) is 7.95. The number of aromatic hydroxyl groups is 1. The van der Waals surface area contributed by atoms with Gasteiger partial charge in [-0.15, -0.1) is 0 Å². The van der Waals surface area contributed by atoms with Crippen LogP contribution in [0.3, 0.4) is 0 Å². The smallest absolute Gasteiger partial charge is 0.343 e. The number of carbonyl (C=O) groups is 1. The van der Waals surface area contributed by atoms with Crippen molar-refractivity contribution in [1.29, 1.82) is 0 Å². The fraction of sp³-hybridized carbons (Fsp3) is 0.308. The Labute approximate surface area is 191 Å². The van der Waals surface area contributed by atoms with Crippen LogP contribution in [-0.4, -0.2) is 31.4 Å². The maximum atomic E-state index is 12.6. The Morgan fingerprint density at radius 1 is 1.18 bits per heavy atom. The van der Waals surface area contributed by atoms with Gasteiger partial charge in [-0.25, -0.2) is 4.79 Å². The summed E-state index contributed by atoms with van der Waals surface area (Å²) in [5.41, 5.74) is 2.24. The lowest BCUT2D eigenvalue weighted by Gasteiger charge is -2.20. The number of fused-ring (bicyclic) bond motifs is 1. The first-order chi connectivity index (χ1) is 16.0. The lowest BCUT2D eigenvalue weighted by atomic mass is 9.88. The topological polar surface area (TPSA) is 95.2 Å². The second kappa shape index (κ2) is 9.81. The van der Waals surface area contributed by atoms with E-state index in [-0.39, 0.29) is 23.5 Å². The Balaban J connectivity index is 1.60. The molecule has 1 atom stereocenters. The molecular formula is C26H26O7. The molecule has 1 aromatic heterocycles. The molecule has 0 fully saturated rings. The van der Waals surface area contributed by atoms with Crippen molar-refractivity contribution < 1.29 is 28.5 Å². The lowest BCUT2D eigenvalue weighted by molar-refractivity contribution is -0.140. The van der Waals surface area contributed by atoms with Gasteiger partial charge in [-0.05, 0) is 30.2 Å². The summed E-state index contributed by atoms with van der Waals surface area (Å²) in [6.45, 7) is 2.68. The van der Waals surface area contributed by atoms with Gasteiger partial charge in [-0.2, -0.15) is 0 Å². The SMILES string of the molecule is COC(=O)CC(c1ccccc1OCCc1ccc2c(c1)CCO2)c1c(O)cc(C)oc1=O. The summed E-state index contributed by atoms with van der Waals surface area (Å²) in [7, 11) is 1.28. The normalized spacial score (nSPS) is 13.2. The molecule has 1 aliphatic heterocycles. The summed E-state index contributed by atoms with van der Waals surface area (Å²) in [5.74, 6) is 0.204. The second-order valence-corrected chi connectivity index (χ2v) is 7.95. The van der Waals surface area contributed by atoms with Gasteiger partial charge in [0, 0.05) is 30.4 Å². The molecule has 172 valence electrons. The van der Waals surface area contributed by atoms with E-state index in [1.54, 1.807) is 25.1 Å². The molecule has 0 radical (unpaired) electrons. The third-order valence-corrected chi connectivity index (χ3v) is 5.73. The molecule has 0 aliphatic carbocycles. The van der Waals surface area contributed by atoms with E-state index in [1.807, 2.05) is 18.2 Å².